The van der Waals surface area contributed by atoms with Gasteiger partial charge in [-0.15, -0.1) is 10.2 Å². The Hall–Kier alpha value is -3.29. The van der Waals surface area contributed by atoms with Gasteiger partial charge in [-0.05, 0) is 35.6 Å². The van der Waals surface area contributed by atoms with Gasteiger partial charge in [0.15, 0.2) is 0 Å². The van der Waals surface area contributed by atoms with Crippen LogP contribution < -0.4 is 5.73 Å². The highest BCUT2D eigenvalue weighted by Crippen LogP contribution is 2.21. The van der Waals surface area contributed by atoms with Gasteiger partial charge in [-0.1, -0.05) is 36.4 Å². The first-order chi connectivity index (χ1) is 13.2. The molecule has 8 nitrogen and oxygen atoms in total. The zero-order valence-corrected chi connectivity index (χ0v) is 14.9. The van der Waals surface area contributed by atoms with Crippen LogP contribution in [0.3, 0.4) is 0 Å². The number of nitrogen functional groups attached to an aromatic ring is 1. The zero-order valence-electron chi connectivity index (χ0n) is 14.9. The molecule has 2 N–H and O–H groups in total. The average molecular weight is 363 g/mol. The second-order valence-corrected chi connectivity index (χ2v) is 6.80. The maximum Gasteiger partial charge on any atom is 0.246 e. The molecule has 0 spiro atoms. The highest BCUT2D eigenvalue weighted by Gasteiger charge is 2.27. The summed E-state index contributed by atoms with van der Waals surface area (Å²) in [5, 5.41) is 12.4. The molecule has 0 bridgehead atoms. The van der Waals surface area contributed by atoms with E-state index >= 15 is 0 Å². The summed E-state index contributed by atoms with van der Waals surface area (Å²) in [5.74, 6) is 1.50. The second kappa shape index (κ2) is 7.53. The summed E-state index contributed by atoms with van der Waals surface area (Å²) in [6, 6.07) is 13.4. The van der Waals surface area contributed by atoms with Gasteiger partial charge in [0.1, 0.15) is 12.4 Å². The van der Waals surface area contributed by atoms with Crippen LogP contribution in [0.15, 0.2) is 48.7 Å². The van der Waals surface area contributed by atoms with Crippen molar-refractivity contribution >= 4 is 11.7 Å². The molecule has 1 saturated heterocycles. The minimum Gasteiger partial charge on any atom is -0.384 e. The summed E-state index contributed by atoms with van der Waals surface area (Å²) in [4.78, 5) is 19.9. The fraction of sp³-hybridized carbons (Fsp3) is 0.316. The molecule has 0 radical (unpaired) electrons. The van der Waals surface area contributed by atoms with Crippen molar-refractivity contribution in [1.82, 2.24) is 30.1 Å². The van der Waals surface area contributed by atoms with Crippen molar-refractivity contribution in [2.45, 2.75) is 19.4 Å². The molecule has 8 heteroatoms. The number of amides is 1. The minimum absolute atomic E-state index is 0.0185. The van der Waals surface area contributed by atoms with Crippen LogP contribution in [0.1, 0.15) is 12.0 Å². The van der Waals surface area contributed by atoms with Crippen LogP contribution in [-0.4, -0.2) is 49.1 Å². The number of pyridine rings is 1. The lowest BCUT2D eigenvalue weighted by atomic mass is 10.00. The lowest BCUT2D eigenvalue weighted by molar-refractivity contribution is -0.131. The normalized spacial score (nSPS) is 16.6. The van der Waals surface area contributed by atoms with Crippen LogP contribution in [0, 0.1) is 5.92 Å². The Bertz CT molecular complexity index is 907. The Morgan fingerprint density at radius 3 is 2.81 bits per heavy atom. The number of carbonyl (C=O) groups is 1. The molecule has 1 aliphatic rings. The van der Waals surface area contributed by atoms with Crippen molar-refractivity contribution in [3.63, 3.8) is 0 Å². The molecule has 0 saturated carbocycles. The Balaban J connectivity index is 1.33. The number of carbonyl (C=O) groups excluding carboxylic acids is 1. The Morgan fingerprint density at radius 1 is 1.19 bits per heavy atom. The van der Waals surface area contributed by atoms with E-state index in [1.165, 1.54) is 4.80 Å². The van der Waals surface area contributed by atoms with Gasteiger partial charge in [-0.25, -0.2) is 4.98 Å². The average Bonchev–Trinajstić information content (AvgIpc) is 3.34. The third kappa shape index (κ3) is 4.11. The third-order valence-corrected chi connectivity index (χ3v) is 4.77. The minimum atomic E-state index is 0.0185. The van der Waals surface area contributed by atoms with Crippen molar-refractivity contribution in [2.75, 3.05) is 18.8 Å². The Morgan fingerprint density at radius 2 is 2.04 bits per heavy atom. The van der Waals surface area contributed by atoms with E-state index in [1.807, 2.05) is 53.6 Å². The van der Waals surface area contributed by atoms with Gasteiger partial charge in [0, 0.05) is 24.8 Å². The predicted molar refractivity (Wildman–Crippen MR) is 100 cm³/mol. The quantitative estimate of drug-likeness (QED) is 0.735. The molecule has 1 amide bonds. The van der Waals surface area contributed by atoms with Gasteiger partial charge in [0.05, 0.1) is 0 Å². The summed E-state index contributed by atoms with van der Waals surface area (Å²) >= 11 is 0. The molecule has 2 aromatic heterocycles. The topological polar surface area (TPSA) is 103 Å². The van der Waals surface area contributed by atoms with Gasteiger partial charge < -0.3 is 10.6 Å². The number of nitrogens with zero attached hydrogens (tertiary/aromatic N) is 6. The van der Waals surface area contributed by atoms with Crippen molar-refractivity contribution in [2.24, 2.45) is 5.92 Å². The first-order valence-corrected chi connectivity index (χ1v) is 8.99. The van der Waals surface area contributed by atoms with Gasteiger partial charge >= 0.3 is 0 Å². The molecule has 1 aliphatic heterocycles. The lowest BCUT2D eigenvalue weighted by Gasteiger charge is -2.16. The summed E-state index contributed by atoms with van der Waals surface area (Å²) in [6.45, 7) is 1.60. The standard InChI is InChI=1S/C19H21N7O/c20-17-7-6-14(11-21-17)10-15-8-9-25(12-15)18(27)13-26-23-19(22-24-26)16-4-2-1-3-5-16/h1-7,11,15H,8-10,12-13H2,(H2,20,21). The first-order valence-electron chi connectivity index (χ1n) is 8.99. The zero-order chi connectivity index (χ0) is 18.6. The molecule has 1 unspecified atom stereocenters. The highest BCUT2D eigenvalue weighted by molar-refractivity contribution is 5.76. The maximum absolute atomic E-state index is 12.6. The van der Waals surface area contributed by atoms with Crippen LogP contribution in [0.25, 0.3) is 11.4 Å². The lowest BCUT2D eigenvalue weighted by Crippen LogP contribution is -2.32. The molecule has 1 fully saturated rings. The molecule has 1 atom stereocenters. The number of tetrazole rings is 1. The Labute approximate surface area is 157 Å². The highest BCUT2D eigenvalue weighted by atomic mass is 16.2. The molecular formula is C19H21N7O. The number of nitrogens with two attached hydrogens (primary N) is 1. The van der Waals surface area contributed by atoms with E-state index < -0.39 is 0 Å². The second-order valence-electron chi connectivity index (χ2n) is 6.80. The van der Waals surface area contributed by atoms with Crippen molar-refractivity contribution in [1.29, 1.82) is 0 Å². The largest absolute Gasteiger partial charge is 0.384 e. The third-order valence-electron chi connectivity index (χ3n) is 4.77. The number of hydrogen-bond donors (Lipinski definition) is 1. The summed E-state index contributed by atoms with van der Waals surface area (Å²) < 4.78 is 0. The van der Waals surface area contributed by atoms with E-state index in [2.05, 4.69) is 20.4 Å². The molecule has 3 aromatic rings. The SMILES string of the molecule is Nc1ccc(CC2CCN(C(=O)Cn3nnc(-c4ccccc4)n3)C2)cn1. The fourth-order valence-corrected chi connectivity index (χ4v) is 3.35. The summed E-state index contributed by atoms with van der Waals surface area (Å²) in [5.41, 5.74) is 7.66. The molecule has 138 valence electrons. The van der Waals surface area contributed by atoms with E-state index in [4.69, 9.17) is 5.73 Å². The first kappa shape index (κ1) is 17.1. The van der Waals surface area contributed by atoms with Crippen LogP contribution >= 0.6 is 0 Å². The molecule has 0 aliphatic carbocycles. The summed E-state index contributed by atoms with van der Waals surface area (Å²) in [7, 11) is 0. The van der Waals surface area contributed by atoms with Gasteiger partial charge in [0.2, 0.25) is 11.7 Å². The van der Waals surface area contributed by atoms with E-state index in [0.29, 0.717) is 17.6 Å². The van der Waals surface area contributed by atoms with Gasteiger partial charge in [-0.3, -0.25) is 4.79 Å². The number of hydrogen-bond acceptors (Lipinski definition) is 6. The van der Waals surface area contributed by atoms with Crippen LogP contribution in [-0.2, 0) is 17.8 Å². The van der Waals surface area contributed by atoms with Crippen molar-refractivity contribution in [3.8, 4) is 11.4 Å². The van der Waals surface area contributed by atoms with E-state index in [9.17, 15) is 4.79 Å². The van der Waals surface area contributed by atoms with Crippen molar-refractivity contribution < 1.29 is 4.79 Å². The maximum atomic E-state index is 12.6. The Kier molecular flexibility index (Phi) is 4.78. The monoisotopic (exact) mass is 363 g/mol. The van der Waals surface area contributed by atoms with Crippen molar-refractivity contribution in [3.05, 3.63) is 54.2 Å². The fourth-order valence-electron chi connectivity index (χ4n) is 3.35. The molecule has 4 rings (SSSR count). The van der Waals surface area contributed by atoms with E-state index in [0.717, 1.165) is 37.1 Å². The van der Waals surface area contributed by atoms with E-state index in [1.54, 1.807) is 0 Å². The molecule has 1 aromatic carbocycles. The number of aromatic nitrogens is 5. The summed E-state index contributed by atoms with van der Waals surface area (Å²) in [6.07, 6.45) is 3.69. The van der Waals surface area contributed by atoms with E-state index in [-0.39, 0.29) is 12.5 Å². The van der Waals surface area contributed by atoms with Gasteiger partial charge in [0.25, 0.3) is 0 Å². The van der Waals surface area contributed by atoms with Crippen LogP contribution in [0.4, 0.5) is 5.82 Å². The predicted octanol–water partition coefficient (Wildman–Crippen LogP) is 1.41. The molecular weight excluding hydrogens is 342 g/mol. The number of benzene rings is 1. The van der Waals surface area contributed by atoms with Crippen LogP contribution in [0.5, 0.6) is 0 Å². The number of likely N-dealkylation sites (tertiary alicyclic amines) is 1. The number of rotatable bonds is 5. The smallest absolute Gasteiger partial charge is 0.246 e. The van der Waals surface area contributed by atoms with Crippen LogP contribution in [0.2, 0.25) is 0 Å². The molecule has 27 heavy (non-hydrogen) atoms. The number of anilines is 1. The molecule has 3 heterocycles. The van der Waals surface area contributed by atoms with Gasteiger partial charge in [-0.2, -0.15) is 4.80 Å².